The molecule has 0 aliphatic heterocycles. The fourth-order valence-electron chi connectivity index (χ4n) is 1.65. The van der Waals surface area contributed by atoms with Crippen LogP contribution in [0.25, 0.3) is 0 Å². The van der Waals surface area contributed by atoms with Gasteiger partial charge in [-0.25, -0.2) is 4.98 Å². The first-order valence-corrected chi connectivity index (χ1v) is 6.88. The van der Waals surface area contributed by atoms with Crippen molar-refractivity contribution in [1.82, 2.24) is 9.97 Å². The summed E-state index contributed by atoms with van der Waals surface area (Å²) in [6.45, 7) is 3.28. The minimum absolute atomic E-state index is 0.0255. The molecule has 8 nitrogen and oxygen atoms in total. The number of rotatable bonds is 6. The van der Waals surface area contributed by atoms with Crippen LogP contribution in [0.5, 0.6) is 0 Å². The van der Waals surface area contributed by atoms with Crippen molar-refractivity contribution in [2.24, 2.45) is 0 Å². The fourth-order valence-corrected chi connectivity index (χ4v) is 2.28. The Bertz CT molecular complexity index is 467. The first-order valence-electron chi connectivity index (χ1n) is 5.59. The first-order chi connectivity index (χ1) is 8.90. The predicted molar refractivity (Wildman–Crippen MR) is 75.3 cm³/mol. The third-order valence-electron chi connectivity index (χ3n) is 2.66. The highest BCUT2D eigenvalue weighted by Crippen LogP contribution is 2.27. The van der Waals surface area contributed by atoms with Crippen molar-refractivity contribution >= 4 is 29.2 Å². The molecule has 0 spiro atoms. The zero-order valence-electron chi connectivity index (χ0n) is 11.0. The second kappa shape index (κ2) is 6.53. The molecule has 2 atom stereocenters. The van der Waals surface area contributed by atoms with Gasteiger partial charge in [-0.15, -0.1) is 0 Å². The molecule has 0 amide bonds. The average molecular weight is 287 g/mol. The van der Waals surface area contributed by atoms with E-state index in [0.29, 0.717) is 0 Å². The van der Waals surface area contributed by atoms with Crippen LogP contribution in [-0.4, -0.2) is 44.2 Å². The Morgan fingerprint density at radius 2 is 2.21 bits per heavy atom. The SMILES string of the molecule is CSC(CO)C(C)Nc1nc(N)nc(C)c1[N+](=O)[O-]. The number of nitro groups is 1. The summed E-state index contributed by atoms with van der Waals surface area (Å²) in [4.78, 5) is 18.1. The van der Waals surface area contributed by atoms with Gasteiger partial charge in [0.05, 0.1) is 11.5 Å². The third kappa shape index (κ3) is 3.67. The van der Waals surface area contributed by atoms with E-state index in [1.54, 1.807) is 0 Å². The van der Waals surface area contributed by atoms with Gasteiger partial charge in [0.2, 0.25) is 11.8 Å². The van der Waals surface area contributed by atoms with Crippen LogP contribution in [0.3, 0.4) is 0 Å². The lowest BCUT2D eigenvalue weighted by atomic mass is 10.2. The van der Waals surface area contributed by atoms with Gasteiger partial charge in [-0.3, -0.25) is 10.1 Å². The summed E-state index contributed by atoms with van der Waals surface area (Å²) in [6.07, 6.45) is 1.85. The molecule has 1 aromatic rings. The van der Waals surface area contributed by atoms with Crippen LogP contribution in [0.15, 0.2) is 0 Å². The van der Waals surface area contributed by atoms with Gasteiger partial charge in [0.1, 0.15) is 5.69 Å². The smallest absolute Gasteiger partial charge is 0.332 e. The van der Waals surface area contributed by atoms with Crippen LogP contribution in [-0.2, 0) is 0 Å². The van der Waals surface area contributed by atoms with Crippen molar-refractivity contribution in [2.45, 2.75) is 25.1 Å². The molecule has 0 aliphatic carbocycles. The van der Waals surface area contributed by atoms with Crippen LogP contribution in [0, 0.1) is 17.0 Å². The molecule has 0 radical (unpaired) electrons. The molecule has 0 saturated carbocycles. The zero-order chi connectivity index (χ0) is 14.6. The number of nitrogen functional groups attached to an aromatic ring is 1. The molecule has 0 fully saturated rings. The molecule has 9 heteroatoms. The van der Waals surface area contributed by atoms with Gasteiger partial charge in [-0.05, 0) is 20.1 Å². The number of hydrogen-bond acceptors (Lipinski definition) is 8. The summed E-state index contributed by atoms with van der Waals surface area (Å²) in [5.74, 6) is 0.0532. The van der Waals surface area contributed by atoms with Gasteiger partial charge >= 0.3 is 5.69 Å². The summed E-state index contributed by atoms with van der Waals surface area (Å²) in [5.41, 5.74) is 5.52. The van der Waals surface area contributed by atoms with Crippen molar-refractivity contribution in [3.8, 4) is 0 Å². The number of thioether (sulfide) groups is 1. The van der Waals surface area contributed by atoms with Gasteiger partial charge in [-0.1, -0.05) is 0 Å². The fraction of sp³-hybridized carbons (Fsp3) is 0.600. The Kier molecular flexibility index (Phi) is 5.31. The standard InChI is InChI=1S/C10H17N5O3S/c1-5(7(4-16)19-3)12-9-8(15(17)18)6(2)13-10(11)14-9/h5,7,16H,4H2,1-3H3,(H3,11,12,13,14). The van der Waals surface area contributed by atoms with E-state index in [2.05, 4.69) is 15.3 Å². The number of aromatic nitrogens is 2. The lowest BCUT2D eigenvalue weighted by Crippen LogP contribution is -2.31. The van der Waals surface area contributed by atoms with Crippen molar-refractivity contribution in [3.05, 3.63) is 15.8 Å². The molecule has 106 valence electrons. The molecule has 0 aliphatic rings. The monoisotopic (exact) mass is 287 g/mol. The van der Waals surface area contributed by atoms with Crippen molar-refractivity contribution in [3.63, 3.8) is 0 Å². The minimum Gasteiger partial charge on any atom is -0.395 e. The van der Waals surface area contributed by atoms with E-state index in [-0.39, 0.29) is 41.0 Å². The van der Waals surface area contributed by atoms with Crippen LogP contribution >= 0.6 is 11.8 Å². The van der Waals surface area contributed by atoms with E-state index in [1.807, 2.05) is 13.2 Å². The van der Waals surface area contributed by atoms with Gasteiger partial charge in [0, 0.05) is 11.3 Å². The Morgan fingerprint density at radius 1 is 1.58 bits per heavy atom. The molecule has 19 heavy (non-hydrogen) atoms. The first kappa shape index (κ1) is 15.4. The van der Waals surface area contributed by atoms with E-state index in [0.717, 1.165) is 0 Å². The topological polar surface area (TPSA) is 127 Å². The van der Waals surface area contributed by atoms with Crippen LogP contribution in [0.1, 0.15) is 12.6 Å². The quantitative estimate of drug-likeness (QED) is 0.518. The summed E-state index contributed by atoms with van der Waals surface area (Å²) >= 11 is 1.46. The lowest BCUT2D eigenvalue weighted by molar-refractivity contribution is -0.385. The number of aliphatic hydroxyl groups is 1. The summed E-state index contributed by atoms with van der Waals surface area (Å²) < 4.78 is 0. The van der Waals surface area contributed by atoms with E-state index < -0.39 is 4.92 Å². The van der Waals surface area contributed by atoms with Crippen molar-refractivity contribution in [2.75, 3.05) is 23.9 Å². The van der Waals surface area contributed by atoms with Crippen LogP contribution in [0.4, 0.5) is 17.5 Å². The summed E-state index contributed by atoms with van der Waals surface area (Å²) in [6, 6.07) is -0.201. The van der Waals surface area contributed by atoms with Gasteiger partial charge in [-0.2, -0.15) is 16.7 Å². The molecular formula is C10H17N5O3S. The van der Waals surface area contributed by atoms with Crippen molar-refractivity contribution < 1.29 is 10.0 Å². The Balaban J connectivity index is 3.09. The zero-order valence-corrected chi connectivity index (χ0v) is 11.8. The largest absolute Gasteiger partial charge is 0.395 e. The third-order valence-corrected chi connectivity index (χ3v) is 3.83. The van der Waals surface area contributed by atoms with E-state index >= 15 is 0 Å². The minimum atomic E-state index is -0.545. The van der Waals surface area contributed by atoms with Gasteiger partial charge in [0.25, 0.3) is 0 Å². The predicted octanol–water partition coefficient (Wildman–Crippen LogP) is 0.800. The van der Waals surface area contributed by atoms with Crippen LogP contribution in [0.2, 0.25) is 0 Å². The molecule has 1 aromatic heterocycles. The summed E-state index contributed by atoms with van der Waals surface area (Å²) in [7, 11) is 0. The van der Waals surface area contributed by atoms with Crippen LogP contribution < -0.4 is 11.1 Å². The average Bonchev–Trinajstić information content (AvgIpc) is 2.28. The number of nitrogens with zero attached hydrogens (tertiary/aromatic N) is 3. The van der Waals surface area contributed by atoms with Crippen molar-refractivity contribution in [1.29, 1.82) is 0 Å². The number of anilines is 2. The molecule has 4 N–H and O–H groups in total. The molecule has 1 rings (SSSR count). The van der Waals surface area contributed by atoms with Gasteiger partial charge < -0.3 is 16.2 Å². The van der Waals surface area contributed by atoms with Gasteiger partial charge in [0.15, 0.2) is 0 Å². The Labute approximate surface area is 115 Å². The number of aliphatic hydroxyl groups excluding tert-OH is 1. The number of hydrogen-bond donors (Lipinski definition) is 3. The lowest BCUT2D eigenvalue weighted by Gasteiger charge is -2.21. The second-order valence-electron chi connectivity index (χ2n) is 4.01. The van der Waals surface area contributed by atoms with E-state index in [9.17, 15) is 15.2 Å². The molecule has 0 saturated heterocycles. The maximum absolute atomic E-state index is 11.0. The molecule has 0 aromatic carbocycles. The Hall–Kier alpha value is -1.61. The molecular weight excluding hydrogens is 270 g/mol. The molecule has 2 unspecified atom stereocenters. The highest BCUT2D eigenvalue weighted by molar-refractivity contribution is 7.99. The number of nitrogens with one attached hydrogen (secondary N) is 1. The molecule has 0 bridgehead atoms. The Morgan fingerprint density at radius 3 is 2.68 bits per heavy atom. The summed E-state index contributed by atoms with van der Waals surface area (Å²) in [5, 5.41) is 23.1. The maximum Gasteiger partial charge on any atom is 0.332 e. The molecule has 1 heterocycles. The van der Waals surface area contributed by atoms with E-state index in [4.69, 9.17) is 5.73 Å². The van der Waals surface area contributed by atoms with E-state index in [1.165, 1.54) is 18.7 Å². The maximum atomic E-state index is 11.0. The highest BCUT2D eigenvalue weighted by Gasteiger charge is 2.24. The normalized spacial score (nSPS) is 13.9. The number of aryl methyl sites for hydroxylation is 1. The highest BCUT2D eigenvalue weighted by atomic mass is 32.2. The number of nitrogens with two attached hydrogens (primary N) is 1. The second-order valence-corrected chi connectivity index (χ2v) is 5.09.